The third-order valence-corrected chi connectivity index (χ3v) is 5.16. The number of ether oxygens (including phenoxy) is 1. The summed E-state index contributed by atoms with van der Waals surface area (Å²) >= 11 is 0. The van der Waals surface area contributed by atoms with Crippen molar-refractivity contribution in [2.24, 2.45) is 11.7 Å². The Labute approximate surface area is 114 Å². The highest BCUT2D eigenvalue weighted by molar-refractivity contribution is 5.45. The van der Waals surface area contributed by atoms with Crippen LogP contribution in [-0.2, 0) is 5.41 Å². The Morgan fingerprint density at radius 3 is 2.79 bits per heavy atom. The minimum absolute atomic E-state index is 0.349. The molecule has 1 saturated carbocycles. The molecule has 1 aliphatic carbocycles. The number of rotatable bonds is 4. The highest BCUT2D eigenvalue weighted by atomic mass is 16.5. The number of benzene rings is 1. The van der Waals surface area contributed by atoms with E-state index >= 15 is 0 Å². The van der Waals surface area contributed by atoms with Crippen LogP contribution < -0.4 is 10.5 Å². The normalized spacial score (nSPS) is 29.2. The molecule has 3 N–H and O–H groups in total. The molecule has 1 heterocycles. The topological polar surface area (TPSA) is 55.5 Å². The van der Waals surface area contributed by atoms with Gasteiger partial charge in [0.05, 0.1) is 12.2 Å². The Hall–Kier alpha value is -1.06. The molecule has 0 spiro atoms. The molecular formula is C16H23NO2. The van der Waals surface area contributed by atoms with Crippen molar-refractivity contribution < 1.29 is 9.84 Å². The zero-order chi connectivity index (χ0) is 13.5. The van der Waals surface area contributed by atoms with E-state index in [1.54, 1.807) is 0 Å². The molecule has 2 unspecified atom stereocenters. The summed E-state index contributed by atoms with van der Waals surface area (Å²) in [5.41, 5.74) is 6.22. The van der Waals surface area contributed by atoms with Crippen LogP contribution in [0.2, 0.25) is 0 Å². The van der Waals surface area contributed by atoms with Crippen LogP contribution in [0.1, 0.15) is 38.2 Å². The lowest BCUT2D eigenvalue weighted by Crippen LogP contribution is -2.59. The van der Waals surface area contributed by atoms with Crippen molar-refractivity contribution >= 4 is 0 Å². The minimum atomic E-state index is -0.693. The fraction of sp³-hybridized carbons (Fsp3) is 0.625. The second kappa shape index (κ2) is 4.50. The second-order valence-electron chi connectivity index (χ2n) is 5.93. The zero-order valence-electron chi connectivity index (χ0n) is 11.6. The fourth-order valence-corrected chi connectivity index (χ4v) is 3.87. The molecule has 1 fully saturated rings. The Morgan fingerprint density at radius 2 is 2.16 bits per heavy atom. The summed E-state index contributed by atoms with van der Waals surface area (Å²) < 4.78 is 5.75. The molecule has 2 atom stereocenters. The van der Waals surface area contributed by atoms with E-state index in [1.807, 2.05) is 18.2 Å². The number of hydrogen-bond acceptors (Lipinski definition) is 3. The maximum Gasteiger partial charge on any atom is 0.123 e. The van der Waals surface area contributed by atoms with Crippen LogP contribution >= 0.6 is 0 Å². The summed E-state index contributed by atoms with van der Waals surface area (Å²) in [6.07, 6.45) is 3.80. The van der Waals surface area contributed by atoms with Crippen molar-refractivity contribution in [2.75, 3.05) is 13.2 Å². The van der Waals surface area contributed by atoms with E-state index in [4.69, 9.17) is 10.5 Å². The third-order valence-electron chi connectivity index (χ3n) is 5.16. The van der Waals surface area contributed by atoms with Gasteiger partial charge < -0.3 is 15.6 Å². The van der Waals surface area contributed by atoms with Crippen LogP contribution in [0.4, 0.5) is 0 Å². The van der Waals surface area contributed by atoms with Gasteiger partial charge in [0.15, 0.2) is 0 Å². The average Bonchev–Trinajstić information content (AvgIpc) is 3.30. The van der Waals surface area contributed by atoms with Crippen molar-refractivity contribution in [3.63, 3.8) is 0 Å². The molecule has 3 heteroatoms. The Morgan fingerprint density at radius 1 is 1.42 bits per heavy atom. The molecular weight excluding hydrogens is 238 g/mol. The van der Waals surface area contributed by atoms with Crippen LogP contribution in [0.3, 0.4) is 0 Å². The fourth-order valence-electron chi connectivity index (χ4n) is 3.87. The van der Waals surface area contributed by atoms with E-state index < -0.39 is 5.60 Å². The molecule has 3 nitrogen and oxygen atoms in total. The van der Waals surface area contributed by atoms with Crippen LogP contribution in [0, 0.1) is 5.92 Å². The largest absolute Gasteiger partial charge is 0.493 e. The number of nitrogens with two attached hydrogens (primary N) is 1. The van der Waals surface area contributed by atoms with Gasteiger partial charge in [0.2, 0.25) is 0 Å². The predicted molar refractivity (Wildman–Crippen MR) is 75.3 cm³/mol. The summed E-state index contributed by atoms with van der Waals surface area (Å²) in [5, 5.41) is 11.3. The lowest BCUT2D eigenvalue weighted by Gasteiger charge is -2.50. The molecule has 0 bridgehead atoms. The van der Waals surface area contributed by atoms with Gasteiger partial charge in [-0.05, 0) is 37.7 Å². The van der Waals surface area contributed by atoms with Crippen LogP contribution in [-0.4, -0.2) is 23.9 Å². The van der Waals surface area contributed by atoms with E-state index in [1.165, 1.54) is 0 Å². The molecule has 0 aromatic heterocycles. The van der Waals surface area contributed by atoms with Crippen LogP contribution in [0.5, 0.6) is 5.75 Å². The number of aliphatic hydroxyl groups is 1. The molecule has 0 saturated heterocycles. The lowest BCUT2D eigenvalue weighted by molar-refractivity contribution is -0.0741. The summed E-state index contributed by atoms with van der Waals surface area (Å²) in [5.74, 6) is 1.29. The maximum absolute atomic E-state index is 11.3. The minimum Gasteiger partial charge on any atom is -0.493 e. The van der Waals surface area contributed by atoms with E-state index in [2.05, 4.69) is 13.0 Å². The molecule has 1 aromatic carbocycles. The first kappa shape index (κ1) is 12.9. The van der Waals surface area contributed by atoms with Crippen LogP contribution in [0.15, 0.2) is 24.3 Å². The number of hydrogen-bond donors (Lipinski definition) is 2. The maximum atomic E-state index is 11.3. The Kier molecular flexibility index (Phi) is 3.06. The molecule has 19 heavy (non-hydrogen) atoms. The quantitative estimate of drug-likeness (QED) is 0.873. The summed E-state index contributed by atoms with van der Waals surface area (Å²) in [4.78, 5) is 0. The zero-order valence-corrected chi connectivity index (χ0v) is 11.6. The lowest BCUT2D eigenvalue weighted by atomic mass is 9.61. The van der Waals surface area contributed by atoms with E-state index in [9.17, 15) is 5.11 Å². The molecule has 1 aliphatic heterocycles. The van der Waals surface area contributed by atoms with E-state index in [-0.39, 0.29) is 5.41 Å². The van der Waals surface area contributed by atoms with Gasteiger partial charge in [-0.3, -0.25) is 0 Å². The third kappa shape index (κ3) is 1.72. The number of para-hydroxylation sites is 1. The van der Waals surface area contributed by atoms with Gasteiger partial charge in [-0.15, -0.1) is 0 Å². The predicted octanol–water partition coefficient (Wildman–Crippen LogP) is 2.22. The van der Waals surface area contributed by atoms with Gasteiger partial charge in [0.1, 0.15) is 5.75 Å². The molecule has 1 aromatic rings. The van der Waals surface area contributed by atoms with E-state index in [0.717, 1.165) is 37.0 Å². The Bertz CT molecular complexity index is 472. The van der Waals surface area contributed by atoms with Gasteiger partial charge in [-0.1, -0.05) is 25.1 Å². The summed E-state index contributed by atoms with van der Waals surface area (Å²) in [6, 6.07) is 8.06. The van der Waals surface area contributed by atoms with Crippen molar-refractivity contribution in [2.45, 2.75) is 43.6 Å². The molecule has 3 rings (SSSR count). The van der Waals surface area contributed by atoms with Gasteiger partial charge in [0.25, 0.3) is 0 Å². The van der Waals surface area contributed by atoms with Gasteiger partial charge in [-0.2, -0.15) is 0 Å². The van der Waals surface area contributed by atoms with Gasteiger partial charge in [-0.25, -0.2) is 0 Å². The van der Waals surface area contributed by atoms with Gasteiger partial charge in [0, 0.05) is 17.5 Å². The average molecular weight is 261 g/mol. The SMILES string of the molecule is CCC(O)(C1CC1)C1(CN)CCOc2ccccc21. The standard InChI is InChI=1S/C16H23NO2/c1-2-16(18,12-7-8-12)15(11-17)9-10-19-14-6-4-3-5-13(14)15/h3-6,12,18H,2,7-11,17H2,1H3. The first-order valence-electron chi connectivity index (χ1n) is 7.32. The summed E-state index contributed by atoms with van der Waals surface area (Å²) in [6.45, 7) is 3.20. The van der Waals surface area contributed by atoms with Crippen molar-refractivity contribution in [1.82, 2.24) is 0 Å². The molecule has 0 amide bonds. The van der Waals surface area contributed by atoms with Crippen LogP contribution in [0.25, 0.3) is 0 Å². The van der Waals surface area contributed by atoms with Crippen molar-refractivity contribution in [3.8, 4) is 5.75 Å². The molecule has 104 valence electrons. The smallest absolute Gasteiger partial charge is 0.123 e. The molecule has 0 radical (unpaired) electrons. The summed E-state index contributed by atoms with van der Waals surface area (Å²) in [7, 11) is 0. The first-order chi connectivity index (χ1) is 9.18. The van der Waals surface area contributed by atoms with Gasteiger partial charge >= 0.3 is 0 Å². The second-order valence-corrected chi connectivity index (χ2v) is 5.93. The van der Waals surface area contributed by atoms with E-state index in [0.29, 0.717) is 19.1 Å². The monoisotopic (exact) mass is 261 g/mol. The molecule has 2 aliphatic rings. The highest BCUT2D eigenvalue weighted by Crippen LogP contribution is 2.55. The van der Waals surface area contributed by atoms with Crippen molar-refractivity contribution in [1.29, 1.82) is 0 Å². The Balaban J connectivity index is 2.14. The number of fused-ring (bicyclic) bond motifs is 1. The van der Waals surface area contributed by atoms with Crippen molar-refractivity contribution in [3.05, 3.63) is 29.8 Å². The highest BCUT2D eigenvalue weighted by Gasteiger charge is 2.58. The first-order valence-corrected chi connectivity index (χ1v) is 7.32.